The number of hydrogen-bond acceptors (Lipinski definition) is 1. The van der Waals surface area contributed by atoms with E-state index in [1.807, 2.05) is 53.2 Å². The molecule has 0 saturated heterocycles. The monoisotopic (exact) mass is 306 g/mol. The molecule has 3 rings (SSSR count). The molecule has 0 unspecified atom stereocenters. The van der Waals surface area contributed by atoms with Crippen molar-refractivity contribution in [3.05, 3.63) is 58.3 Å². The van der Waals surface area contributed by atoms with E-state index < -0.39 is 0 Å². The summed E-state index contributed by atoms with van der Waals surface area (Å²) in [4.78, 5) is 4.43. The SMILES string of the molecule is Clc1ccc2cnc(-c3ccc(Br)cc3)n2c1. The lowest BCUT2D eigenvalue weighted by Gasteiger charge is -2.02. The Morgan fingerprint density at radius 1 is 1.06 bits per heavy atom. The summed E-state index contributed by atoms with van der Waals surface area (Å²) < 4.78 is 3.05. The van der Waals surface area contributed by atoms with E-state index in [1.54, 1.807) is 0 Å². The predicted octanol–water partition coefficient (Wildman–Crippen LogP) is 4.42. The van der Waals surface area contributed by atoms with Crippen LogP contribution in [-0.4, -0.2) is 9.38 Å². The Labute approximate surface area is 112 Å². The fourth-order valence-electron chi connectivity index (χ4n) is 1.78. The van der Waals surface area contributed by atoms with Gasteiger partial charge in [-0.15, -0.1) is 0 Å². The first kappa shape index (κ1) is 10.8. The van der Waals surface area contributed by atoms with Crippen molar-refractivity contribution in [1.29, 1.82) is 0 Å². The average molecular weight is 308 g/mol. The molecule has 0 amide bonds. The number of imidazole rings is 1. The van der Waals surface area contributed by atoms with Crippen molar-refractivity contribution >= 4 is 33.0 Å². The number of pyridine rings is 1. The van der Waals surface area contributed by atoms with Crippen molar-refractivity contribution in [2.75, 3.05) is 0 Å². The molecule has 0 radical (unpaired) electrons. The first-order valence-electron chi connectivity index (χ1n) is 5.12. The van der Waals surface area contributed by atoms with Gasteiger partial charge in [0.1, 0.15) is 5.82 Å². The van der Waals surface area contributed by atoms with Crippen molar-refractivity contribution in [1.82, 2.24) is 9.38 Å². The molecule has 0 aliphatic carbocycles. The fourth-order valence-corrected chi connectivity index (χ4v) is 2.20. The van der Waals surface area contributed by atoms with E-state index in [2.05, 4.69) is 20.9 Å². The van der Waals surface area contributed by atoms with Crippen LogP contribution in [-0.2, 0) is 0 Å². The summed E-state index contributed by atoms with van der Waals surface area (Å²) >= 11 is 9.43. The number of benzene rings is 1. The van der Waals surface area contributed by atoms with Gasteiger partial charge < -0.3 is 0 Å². The lowest BCUT2D eigenvalue weighted by Crippen LogP contribution is -1.88. The Kier molecular flexibility index (Phi) is 2.65. The summed E-state index contributed by atoms with van der Waals surface area (Å²) in [5.41, 5.74) is 2.10. The van der Waals surface area contributed by atoms with Crippen LogP contribution in [0.25, 0.3) is 16.9 Å². The van der Waals surface area contributed by atoms with Crippen LogP contribution >= 0.6 is 27.5 Å². The van der Waals surface area contributed by atoms with Gasteiger partial charge in [0, 0.05) is 16.2 Å². The molecule has 84 valence electrons. The maximum atomic E-state index is 6.00. The van der Waals surface area contributed by atoms with Crippen LogP contribution in [0.3, 0.4) is 0 Å². The quantitative estimate of drug-likeness (QED) is 0.650. The second kappa shape index (κ2) is 4.17. The van der Waals surface area contributed by atoms with Gasteiger partial charge in [-0.1, -0.05) is 39.7 Å². The zero-order valence-corrected chi connectivity index (χ0v) is 11.1. The Hall–Kier alpha value is -1.32. The zero-order chi connectivity index (χ0) is 11.8. The fraction of sp³-hybridized carbons (Fsp3) is 0. The lowest BCUT2D eigenvalue weighted by molar-refractivity contribution is 1.16. The number of nitrogens with zero attached hydrogens (tertiary/aromatic N) is 2. The second-order valence-corrected chi connectivity index (χ2v) is 5.08. The van der Waals surface area contributed by atoms with E-state index in [0.717, 1.165) is 21.4 Å². The molecule has 0 fully saturated rings. The Morgan fingerprint density at radius 2 is 1.82 bits per heavy atom. The Bertz CT molecular complexity index is 673. The van der Waals surface area contributed by atoms with Crippen molar-refractivity contribution in [2.24, 2.45) is 0 Å². The van der Waals surface area contributed by atoms with Gasteiger partial charge in [-0.2, -0.15) is 0 Å². The molecule has 0 aliphatic heterocycles. The third kappa shape index (κ3) is 1.96. The molecule has 2 nitrogen and oxygen atoms in total. The summed E-state index contributed by atoms with van der Waals surface area (Å²) in [6.45, 7) is 0. The summed E-state index contributed by atoms with van der Waals surface area (Å²) in [5, 5.41) is 0.703. The molecule has 0 bridgehead atoms. The number of fused-ring (bicyclic) bond motifs is 1. The van der Waals surface area contributed by atoms with E-state index in [4.69, 9.17) is 11.6 Å². The van der Waals surface area contributed by atoms with Crippen LogP contribution in [0.5, 0.6) is 0 Å². The smallest absolute Gasteiger partial charge is 0.144 e. The number of hydrogen-bond donors (Lipinski definition) is 0. The zero-order valence-electron chi connectivity index (χ0n) is 8.77. The summed E-state index contributed by atoms with van der Waals surface area (Å²) in [7, 11) is 0. The maximum Gasteiger partial charge on any atom is 0.144 e. The topological polar surface area (TPSA) is 17.3 Å². The summed E-state index contributed by atoms with van der Waals surface area (Å²) in [6, 6.07) is 11.9. The molecule has 0 aliphatic rings. The van der Waals surface area contributed by atoms with Gasteiger partial charge in [-0.05, 0) is 24.3 Å². The van der Waals surface area contributed by atoms with Gasteiger partial charge in [0.25, 0.3) is 0 Å². The standard InChI is InChI=1S/C13H8BrClN2/c14-10-3-1-9(2-4-10)13-16-7-12-6-5-11(15)8-17(12)13/h1-8H. The maximum absolute atomic E-state index is 6.00. The molecule has 2 aromatic heterocycles. The minimum atomic E-state index is 0.703. The van der Waals surface area contributed by atoms with E-state index >= 15 is 0 Å². The van der Waals surface area contributed by atoms with E-state index in [9.17, 15) is 0 Å². The minimum absolute atomic E-state index is 0.703. The first-order valence-corrected chi connectivity index (χ1v) is 6.30. The molecular formula is C13H8BrClN2. The van der Waals surface area contributed by atoms with Gasteiger partial charge >= 0.3 is 0 Å². The Morgan fingerprint density at radius 3 is 2.59 bits per heavy atom. The van der Waals surface area contributed by atoms with Crippen LogP contribution < -0.4 is 0 Å². The molecule has 4 heteroatoms. The van der Waals surface area contributed by atoms with Crippen LogP contribution in [0.15, 0.2) is 53.3 Å². The van der Waals surface area contributed by atoms with Crippen molar-refractivity contribution in [2.45, 2.75) is 0 Å². The Balaban J connectivity index is 2.23. The predicted molar refractivity (Wildman–Crippen MR) is 73.3 cm³/mol. The van der Waals surface area contributed by atoms with Crippen LogP contribution in [0.1, 0.15) is 0 Å². The van der Waals surface area contributed by atoms with Gasteiger partial charge in [0.2, 0.25) is 0 Å². The summed E-state index contributed by atoms with van der Waals surface area (Å²) in [6.07, 6.45) is 3.72. The molecule has 0 saturated carbocycles. The van der Waals surface area contributed by atoms with E-state index in [1.165, 1.54) is 0 Å². The van der Waals surface area contributed by atoms with Gasteiger partial charge in [-0.25, -0.2) is 4.98 Å². The van der Waals surface area contributed by atoms with E-state index in [-0.39, 0.29) is 0 Å². The third-order valence-corrected chi connectivity index (χ3v) is 3.35. The lowest BCUT2D eigenvalue weighted by atomic mass is 10.2. The van der Waals surface area contributed by atoms with Gasteiger partial charge in [-0.3, -0.25) is 4.40 Å². The highest BCUT2D eigenvalue weighted by Gasteiger charge is 2.06. The summed E-state index contributed by atoms with van der Waals surface area (Å²) in [5.74, 6) is 0.898. The second-order valence-electron chi connectivity index (χ2n) is 3.73. The number of aromatic nitrogens is 2. The van der Waals surface area contributed by atoms with Crippen LogP contribution in [0.2, 0.25) is 5.02 Å². The van der Waals surface area contributed by atoms with Gasteiger partial charge in [0.15, 0.2) is 0 Å². The van der Waals surface area contributed by atoms with Gasteiger partial charge in [0.05, 0.1) is 16.7 Å². The molecule has 0 spiro atoms. The van der Waals surface area contributed by atoms with Crippen LogP contribution in [0.4, 0.5) is 0 Å². The highest BCUT2D eigenvalue weighted by Crippen LogP contribution is 2.23. The number of halogens is 2. The highest BCUT2D eigenvalue weighted by atomic mass is 79.9. The van der Waals surface area contributed by atoms with Crippen molar-refractivity contribution in [3.8, 4) is 11.4 Å². The average Bonchev–Trinajstić information content (AvgIpc) is 2.73. The first-order chi connectivity index (χ1) is 8.24. The van der Waals surface area contributed by atoms with E-state index in [0.29, 0.717) is 5.02 Å². The molecular weight excluding hydrogens is 300 g/mol. The molecule has 1 aromatic carbocycles. The minimum Gasteiger partial charge on any atom is -0.298 e. The molecule has 0 atom stereocenters. The molecule has 2 heterocycles. The molecule has 17 heavy (non-hydrogen) atoms. The van der Waals surface area contributed by atoms with Crippen molar-refractivity contribution < 1.29 is 0 Å². The van der Waals surface area contributed by atoms with Crippen molar-refractivity contribution in [3.63, 3.8) is 0 Å². The normalized spacial score (nSPS) is 10.9. The molecule has 3 aromatic rings. The largest absolute Gasteiger partial charge is 0.298 e. The van der Waals surface area contributed by atoms with Crippen LogP contribution in [0, 0.1) is 0 Å². The molecule has 0 N–H and O–H groups in total. The highest BCUT2D eigenvalue weighted by molar-refractivity contribution is 9.10. The number of rotatable bonds is 1. The third-order valence-electron chi connectivity index (χ3n) is 2.59.